The van der Waals surface area contributed by atoms with Crippen LogP contribution < -0.4 is 20.9 Å². The number of hydrogen-bond acceptors (Lipinski definition) is 6. The van der Waals surface area contributed by atoms with Crippen LogP contribution >= 0.6 is 0 Å². The molecule has 4 aromatic rings. The Morgan fingerprint density at radius 1 is 0.800 bits per heavy atom. The van der Waals surface area contributed by atoms with E-state index in [1.165, 1.54) is 48.6 Å². The molecular formula is C34H30F5N2O4. The molecule has 4 aromatic carbocycles. The van der Waals surface area contributed by atoms with Crippen molar-refractivity contribution in [1.29, 1.82) is 0 Å². The second-order valence-electron chi connectivity index (χ2n) is 10.1. The minimum atomic E-state index is -4.28. The third kappa shape index (κ3) is 9.72. The second-order valence-corrected chi connectivity index (χ2v) is 10.1. The molecule has 6 nitrogen and oxygen atoms in total. The van der Waals surface area contributed by atoms with Crippen LogP contribution in [0.4, 0.5) is 33.3 Å². The van der Waals surface area contributed by atoms with E-state index in [1.54, 1.807) is 24.3 Å². The zero-order chi connectivity index (χ0) is 32.6. The van der Waals surface area contributed by atoms with Crippen LogP contribution in [0.15, 0.2) is 91.0 Å². The van der Waals surface area contributed by atoms with Gasteiger partial charge in [-0.1, -0.05) is 24.3 Å². The third-order valence-corrected chi connectivity index (χ3v) is 6.52. The van der Waals surface area contributed by atoms with Crippen molar-refractivity contribution >= 4 is 23.4 Å². The summed E-state index contributed by atoms with van der Waals surface area (Å²) in [5, 5.41) is 0. The molecule has 0 aliphatic heterocycles. The van der Waals surface area contributed by atoms with Crippen molar-refractivity contribution in [3.8, 4) is 22.6 Å². The number of halogens is 5. The SMILES string of the molecule is [CH2]c1cc(N)ccc1-c1ccc(N)cc1COC(=O)/C=C/c1ccc(OC(F)(F)c2ccc(OCCCC(F)(F)F)cc2)cc1. The summed E-state index contributed by atoms with van der Waals surface area (Å²) in [6.45, 7) is 3.77. The molecule has 11 heteroatoms. The van der Waals surface area contributed by atoms with Gasteiger partial charge in [-0.25, -0.2) is 4.79 Å². The lowest BCUT2D eigenvalue weighted by atomic mass is 9.95. The molecule has 0 saturated heterocycles. The van der Waals surface area contributed by atoms with Crippen molar-refractivity contribution in [1.82, 2.24) is 0 Å². The molecule has 0 bridgehead atoms. The molecule has 0 fully saturated rings. The quantitative estimate of drug-likeness (QED) is 0.0541. The van der Waals surface area contributed by atoms with Crippen LogP contribution in [0, 0.1) is 6.92 Å². The van der Waals surface area contributed by atoms with Gasteiger partial charge in [0.2, 0.25) is 0 Å². The molecule has 0 aromatic heterocycles. The number of ether oxygens (including phenoxy) is 3. The summed E-state index contributed by atoms with van der Waals surface area (Å²) in [5.41, 5.74) is 15.9. The van der Waals surface area contributed by atoms with Crippen LogP contribution in [0.1, 0.15) is 35.1 Å². The number of carbonyl (C=O) groups excluding carboxylic acids is 1. The fourth-order valence-corrected chi connectivity index (χ4v) is 4.30. The lowest BCUT2D eigenvalue weighted by Gasteiger charge is -2.18. The minimum absolute atomic E-state index is 0.0552. The summed E-state index contributed by atoms with van der Waals surface area (Å²) in [6, 6.07) is 20.8. The number of hydrogen-bond donors (Lipinski definition) is 2. The number of benzene rings is 4. The average Bonchev–Trinajstić information content (AvgIpc) is 2.98. The first-order valence-electron chi connectivity index (χ1n) is 13.7. The van der Waals surface area contributed by atoms with Crippen molar-refractivity contribution in [2.24, 2.45) is 0 Å². The maximum absolute atomic E-state index is 14.7. The van der Waals surface area contributed by atoms with Crippen molar-refractivity contribution in [3.63, 3.8) is 0 Å². The van der Waals surface area contributed by atoms with Gasteiger partial charge in [0.1, 0.15) is 18.1 Å². The van der Waals surface area contributed by atoms with Gasteiger partial charge >= 0.3 is 18.3 Å². The molecular weight excluding hydrogens is 595 g/mol. The fraction of sp³-hybridized carbons (Fsp3) is 0.176. The molecule has 4 N–H and O–H groups in total. The van der Waals surface area contributed by atoms with Gasteiger partial charge in [0, 0.05) is 23.9 Å². The summed E-state index contributed by atoms with van der Waals surface area (Å²) in [5.74, 6) is -0.599. The monoisotopic (exact) mass is 625 g/mol. The van der Waals surface area contributed by atoms with Crippen LogP contribution in [0.25, 0.3) is 17.2 Å². The number of alkyl halides is 5. The average molecular weight is 626 g/mol. The molecule has 0 amide bonds. The highest BCUT2D eigenvalue weighted by atomic mass is 19.4. The van der Waals surface area contributed by atoms with Crippen LogP contribution in [-0.2, 0) is 22.2 Å². The Balaban J connectivity index is 1.31. The Hall–Kier alpha value is -5.06. The Kier molecular flexibility index (Phi) is 10.3. The molecule has 0 spiro atoms. The lowest BCUT2D eigenvalue weighted by Crippen LogP contribution is -2.21. The Labute approximate surface area is 257 Å². The zero-order valence-corrected chi connectivity index (χ0v) is 24.0. The number of carbonyl (C=O) groups is 1. The van der Waals surface area contributed by atoms with Gasteiger partial charge in [-0.2, -0.15) is 22.0 Å². The zero-order valence-electron chi connectivity index (χ0n) is 24.0. The molecule has 0 atom stereocenters. The maximum atomic E-state index is 14.7. The van der Waals surface area contributed by atoms with E-state index < -0.39 is 30.2 Å². The number of esters is 1. The molecule has 0 heterocycles. The van der Waals surface area contributed by atoms with E-state index in [0.717, 1.165) is 23.3 Å². The molecule has 4 rings (SSSR count). The van der Waals surface area contributed by atoms with E-state index in [4.69, 9.17) is 25.7 Å². The summed E-state index contributed by atoms with van der Waals surface area (Å²) >= 11 is 0. The summed E-state index contributed by atoms with van der Waals surface area (Å²) < 4.78 is 81.5. The highest BCUT2D eigenvalue weighted by Gasteiger charge is 2.34. The van der Waals surface area contributed by atoms with Gasteiger partial charge in [0.05, 0.1) is 12.2 Å². The van der Waals surface area contributed by atoms with Gasteiger partial charge in [0.15, 0.2) is 0 Å². The first-order valence-corrected chi connectivity index (χ1v) is 13.7. The second kappa shape index (κ2) is 14.1. The molecule has 0 unspecified atom stereocenters. The highest BCUT2D eigenvalue weighted by Crippen LogP contribution is 2.33. The fourth-order valence-electron chi connectivity index (χ4n) is 4.30. The van der Waals surface area contributed by atoms with Crippen molar-refractivity contribution < 1.29 is 41.0 Å². The van der Waals surface area contributed by atoms with Crippen molar-refractivity contribution in [2.45, 2.75) is 31.7 Å². The maximum Gasteiger partial charge on any atom is 0.426 e. The minimum Gasteiger partial charge on any atom is -0.494 e. The van der Waals surface area contributed by atoms with Crippen LogP contribution in [0.5, 0.6) is 11.5 Å². The van der Waals surface area contributed by atoms with Crippen molar-refractivity contribution in [3.05, 3.63) is 120 Å². The van der Waals surface area contributed by atoms with E-state index >= 15 is 0 Å². The normalized spacial score (nSPS) is 11.9. The highest BCUT2D eigenvalue weighted by molar-refractivity contribution is 5.87. The first-order chi connectivity index (χ1) is 21.3. The molecule has 0 aliphatic rings. The molecule has 0 saturated carbocycles. The smallest absolute Gasteiger partial charge is 0.426 e. The molecule has 1 radical (unpaired) electrons. The van der Waals surface area contributed by atoms with Crippen LogP contribution in [0.3, 0.4) is 0 Å². The standard InChI is InChI=1S/C34H30F5N2O4/c1-22-19-26(40)8-14-30(22)31-15-9-27(41)20-24(31)21-44-32(42)16-5-23-3-10-29(11-4-23)45-34(38,39)25-6-12-28(13-7-25)43-18-2-17-33(35,36)37/h3-16,19-20H,1-2,17-18,21,40-41H2/b16-5+. The van der Waals surface area contributed by atoms with E-state index in [-0.39, 0.29) is 31.1 Å². The largest absolute Gasteiger partial charge is 0.494 e. The number of nitrogens with two attached hydrogens (primary N) is 2. The number of nitrogen functional groups attached to an aromatic ring is 2. The Bertz CT molecular complexity index is 1640. The molecule has 235 valence electrons. The third-order valence-electron chi connectivity index (χ3n) is 6.52. The topological polar surface area (TPSA) is 96.8 Å². The van der Waals surface area contributed by atoms with Gasteiger partial charge in [0.25, 0.3) is 0 Å². The van der Waals surface area contributed by atoms with E-state index in [9.17, 15) is 26.7 Å². The number of anilines is 2. The lowest BCUT2D eigenvalue weighted by molar-refractivity contribution is -0.185. The first kappa shape index (κ1) is 32.8. The predicted molar refractivity (Wildman–Crippen MR) is 162 cm³/mol. The van der Waals surface area contributed by atoms with Gasteiger partial charge in [-0.05, 0) is 108 Å². The van der Waals surface area contributed by atoms with Gasteiger partial charge in [-0.15, -0.1) is 0 Å². The summed E-state index contributed by atoms with van der Waals surface area (Å²) in [6.07, 6.45) is -6.55. The van der Waals surface area contributed by atoms with Crippen LogP contribution in [-0.4, -0.2) is 18.8 Å². The van der Waals surface area contributed by atoms with Gasteiger partial charge < -0.3 is 25.7 Å². The van der Waals surface area contributed by atoms with E-state index in [1.807, 2.05) is 12.1 Å². The van der Waals surface area contributed by atoms with Crippen LogP contribution in [0.2, 0.25) is 0 Å². The summed E-state index contributed by atoms with van der Waals surface area (Å²) in [4.78, 5) is 12.4. The van der Waals surface area contributed by atoms with Gasteiger partial charge in [-0.3, -0.25) is 0 Å². The Morgan fingerprint density at radius 3 is 2.07 bits per heavy atom. The Morgan fingerprint density at radius 2 is 1.42 bits per heavy atom. The van der Waals surface area contributed by atoms with Crippen molar-refractivity contribution in [2.75, 3.05) is 18.1 Å². The molecule has 45 heavy (non-hydrogen) atoms. The predicted octanol–water partition coefficient (Wildman–Crippen LogP) is 8.31. The molecule has 0 aliphatic carbocycles. The summed E-state index contributed by atoms with van der Waals surface area (Å²) in [7, 11) is 0. The number of rotatable bonds is 12. The van der Waals surface area contributed by atoms with E-state index in [0.29, 0.717) is 28.1 Å². The van der Waals surface area contributed by atoms with E-state index in [2.05, 4.69) is 6.92 Å².